The molecule has 0 radical (unpaired) electrons. The second-order valence-electron chi connectivity index (χ2n) is 7.94. The van der Waals surface area contributed by atoms with Crippen molar-refractivity contribution in [1.29, 1.82) is 0 Å². The van der Waals surface area contributed by atoms with Gasteiger partial charge in [0.2, 0.25) is 0 Å². The van der Waals surface area contributed by atoms with E-state index in [-0.39, 0.29) is 9.79 Å². The number of benzene rings is 2. The van der Waals surface area contributed by atoms with Gasteiger partial charge in [-0.15, -0.1) is 0 Å². The van der Waals surface area contributed by atoms with Crippen LogP contribution in [-0.4, -0.2) is 34.8 Å². The standard InChI is InChI=1S/C23H26O6S2/c1-17-5-9-19(10-6-17)30(24,25)15-13-21-22(29-23(3,4)28-21)14-16-31(26,27)20-11-7-18(2)8-12-20/h5-16,21-22H,1-4H3/b15-13+,16-14+/t21-,22-/m1/s1. The summed E-state index contributed by atoms with van der Waals surface area (Å²) in [5, 5.41) is 2.14. The highest BCUT2D eigenvalue weighted by molar-refractivity contribution is 7.94. The van der Waals surface area contributed by atoms with Gasteiger partial charge in [0, 0.05) is 10.8 Å². The zero-order chi connectivity index (χ0) is 22.9. The van der Waals surface area contributed by atoms with E-state index in [0.29, 0.717) is 0 Å². The minimum atomic E-state index is -3.67. The maximum absolute atomic E-state index is 12.6. The Morgan fingerprint density at radius 3 is 1.32 bits per heavy atom. The molecule has 2 aromatic rings. The average molecular weight is 463 g/mol. The normalized spacial score (nSPS) is 21.8. The summed E-state index contributed by atoms with van der Waals surface area (Å²) >= 11 is 0. The van der Waals surface area contributed by atoms with Gasteiger partial charge < -0.3 is 9.47 Å². The highest BCUT2D eigenvalue weighted by Crippen LogP contribution is 2.30. The van der Waals surface area contributed by atoms with E-state index < -0.39 is 37.7 Å². The molecular formula is C23H26O6S2. The zero-order valence-corrected chi connectivity index (χ0v) is 19.5. The molecule has 1 heterocycles. The van der Waals surface area contributed by atoms with E-state index >= 15 is 0 Å². The zero-order valence-electron chi connectivity index (χ0n) is 17.8. The number of hydrogen-bond donors (Lipinski definition) is 0. The van der Waals surface area contributed by atoms with Gasteiger partial charge in [-0.05, 0) is 64.1 Å². The quantitative estimate of drug-likeness (QED) is 0.642. The summed E-state index contributed by atoms with van der Waals surface area (Å²) in [6.07, 6.45) is 1.24. The van der Waals surface area contributed by atoms with Crippen molar-refractivity contribution in [2.45, 2.75) is 55.5 Å². The van der Waals surface area contributed by atoms with E-state index in [1.807, 2.05) is 13.8 Å². The lowest BCUT2D eigenvalue weighted by Gasteiger charge is -2.15. The Labute approximate surface area is 184 Å². The van der Waals surface area contributed by atoms with Crippen LogP contribution in [0.5, 0.6) is 0 Å². The largest absolute Gasteiger partial charge is 0.340 e. The molecule has 0 N–H and O–H groups in total. The minimum Gasteiger partial charge on any atom is -0.340 e. The molecule has 1 aliphatic rings. The predicted molar refractivity (Wildman–Crippen MR) is 119 cm³/mol. The van der Waals surface area contributed by atoms with Crippen molar-refractivity contribution >= 4 is 19.7 Å². The summed E-state index contributed by atoms with van der Waals surface area (Å²) in [7, 11) is -7.35. The van der Waals surface area contributed by atoms with Crippen molar-refractivity contribution < 1.29 is 26.3 Å². The lowest BCUT2D eigenvalue weighted by atomic mass is 10.2. The van der Waals surface area contributed by atoms with Gasteiger partial charge in [0.1, 0.15) is 12.2 Å². The molecule has 2 aromatic carbocycles. The van der Waals surface area contributed by atoms with Gasteiger partial charge in [0.25, 0.3) is 0 Å². The molecule has 0 unspecified atom stereocenters. The molecular weight excluding hydrogens is 436 g/mol. The van der Waals surface area contributed by atoms with Crippen LogP contribution in [0.1, 0.15) is 25.0 Å². The van der Waals surface area contributed by atoms with Gasteiger partial charge >= 0.3 is 0 Å². The lowest BCUT2D eigenvalue weighted by molar-refractivity contribution is -0.138. The number of hydrogen-bond acceptors (Lipinski definition) is 6. The predicted octanol–water partition coefficient (Wildman–Crippen LogP) is 4.10. The molecule has 1 aliphatic heterocycles. The highest BCUT2D eigenvalue weighted by atomic mass is 32.2. The molecule has 0 amide bonds. The Balaban J connectivity index is 1.82. The Morgan fingerprint density at radius 2 is 1.00 bits per heavy atom. The van der Waals surface area contributed by atoms with Crippen LogP contribution >= 0.6 is 0 Å². The van der Waals surface area contributed by atoms with Crippen molar-refractivity contribution in [3.05, 3.63) is 82.6 Å². The topological polar surface area (TPSA) is 86.7 Å². The first-order valence-corrected chi connectivity index (χ1v) is 12.8. The van der Waals surface area contributed by atoms with E-state index in [9.17, 15) is 16.8 Å². The van der Waals surface area contributed by atoms with Crippen LogP contribution in [-0.2, 0) is 29.1 Å². The van der Waals surface area contributed by atoms with Crippen molar-refractivity contribution in [2.75, 3.05) is 0 Å². The maximum atomic E-state index is 12.6. The van der Waals surface area contributed by atoms with Crippen LogP contribution in [0.15, 0.2) is 81.3 Å². The first kappa shape index (κ1) is 23.4. The molecule has 2 atom stereocenters. The third-order valence-corrected chi connectivity index (χ3v) is 7.65. The van der Waals surface area contributed by atoms with Crippen molar-refractivity contribution in [3.63, 3.8) is 0 Å². The summed E-state index contributed by atoms with van der Waals surface area (Å²) in [5.74, 6) is -0.995. The summed E-state index contributed by atoms with van der Waals surface area (Å²) in [6.45, 7) is 7.12. The van der Waals surface area contributed by atoms with Crippen molar-refractivity contribution in [1.82, 2.24) is 0 Å². The molecule has 0 aliphatic carbocycles. The smallest absolute Gasteiger partial charge is 0.199 e. The van der Waals surface area contributed by atoms with Gasteiger partial charge in [-0.1, -0.05) is 35.4 Å². The van der Waals surface area contributed by atoms with Crippen LogP contribution < -0.4 is 0 Å². The molecule has 8 heteroatoms. The summed E-state index contributed by atoms with van der Waals surface area (Å²) in [4.78, 5) is 0.336. The van der Waals surface area contributed by atoms with Crippen LogP contribution in [0.2, 0.25) is 0 Å². The summed E-state index contributed by atoms with van der Waals surface area (Å²) in [6, 6.07) is 13.0. The fraction of sp³-hybridized carbons (Fsp3) is 0.304. The summed E-state index contributed by atoms with van der Waals surface area (Å²) < 4.78 is 62.0. The van der Waals surface area contributed by atoms with E-state index in [0.717, 1.165) is 21.9 Å². The molecule has 1 fully saturated rings. The Hall–Kier alpha value is -2.26. The van der Waals surface area contributed by atoms with Gasteiger partial charge in [0.15, 0.2) is 25.5 Å². The van der Waals surface area contributed by atoms with Gasteiger partial charge in [-0.2, -0.15) is 0 Å². The number of rotatable bonds is 6. The molecule has 0 aromatic heterocycles. The molecule has 31 heavy (non-hydrogen) atoms. The molecule has 1 saturated heterocycles. The van der Waals surface area contributed by atoms with Crippen LogP contribution in [0, 0.1) is 13.8 Å². The number of aryl methyl sites for hydroxylation is 2. The summed E-state index contributed by atoms with van der Waals surface area (Å²) in [5.41, 5.74) is 1.91. The second kappa shape index (κ2) is 8.70. The second-order valence-corrected chi connectivity index (χ2v) is 11.6. The van der Waals surface area contributed by atoms with E-state index in [1.165, 1.54) is 36.4 Å². The van der Waals surface area contributed by atoms with E-state index in [2.05, 4.69) is 0 Å². The first-order valence-electron chi connectivity index (χ1n) is 9.74. The Morgan fingerprint density at radius 1 is 0.677 bits per heavy atom. The molecule has 0 spiro atoms. The third-order valence-electron chi connectivity index (χ3n) is 4.76. The monoisotopic (exact) mass is 462 g/mol. The Bertz CT molecular complexity index is 1090. The average Bonchev–Trinajstić information content (AvgIpc) is 2.99. The molecule has 6 nitrogen and oxygen atoms in total. The van der Waals surface area contributed by atoms with Gasteiger partial charge in [-0.25, -0.2) is 16.8 Å². The van der Waals surface area contributed by atoms with E-state index in [1.54, 1.807) is 38.1 Å². The van der Waals surface area contributed by atoms with E-state index in [4.69, 9.17) is 9.47 Å². The molecule has 3 rings (SSSR count). The first-order chi connectivity index (χ1) is 14.4. The van der Waals surface area contributed by atoms with Crippen LogP contribution in [0.25, 0.3) is 0 Å². The fourth-order valence-corrected chi connectivity index (χ4v) is 5.16. The highest BCUT2D eigenvalue weighted by Gasteiger charge is 2.39. The SMILES string of the molecule is Cc1ccc(S(=O)(=O)/C=C/[C@H]2OC(C)(C)O[C@@H]2/C=C/S(=O)(=O)c2ccc(C)cc2)cc1. The molecule has 0 saturated carbocycles. The van der Waals surface area contributed by atoms with Crippen molar-refractivity contribution in [3.8, 4) is 0 Å². The van der Waals surface area contributed by atoms with Crippen LogP contribution in [0.4, 0.5) is 0 Å². The van der Waals surface area contributed by atoms with Crippen LogP contribution in [0.3, 0.4) is 0 Å². The molecule has 166 valence electrons. The Kier molecular flexibility index (Phi) is 6.57. The lowest BCUT2D eigenvalue weighted by Crippen LogP contribution is -2.21. The van der Waals surface area contributed by atoms with Gasteiger partial charge in [0.05, 0.1) is 9.79 Å². The maximum Gasteiger partial charge on any atom is 0.199 e. The molecule has 0 bridgehead atoms. The fourth-order valence-electron chi connectivity index (χ4n) is 3.09. The number of sulfone groups is 2. The third kappa shape index (κ3) is 5.92. The van der Waals surface area contributed by atoms with Crippen molar-refractivity contribution in [2.24, 2.45) is 0 Å². The number of ether oxygens (including phenoxy) is 2. The van der Waals surface area contributed by atoms with Gasteiger partial charge in [-0.3, -0.25) is 0 Å². The minimum absolute atomic E-state index is 0.168.